The van der Waals surface area contributed by atoms with Gasteiger partial charge in [0.05, 0.1) is 7.11 Å². The molecule has 0 saturated heterocycles. The highest BCUT2D eigenvalue weighted by Crippen LogP contribution is 2.38. The molecule has 35 heavy (non-hydrogen) atoms. The molecular formula is C30H43NO3Si. The first kappa shape index (κ1) is 27.4. The number of rotatable bonds is 11. The van der Waals surface area contributed by atoms with Gasteiger partial charge in [-0.2, -0.15) is 0 Å². The van der Waals surface area contributed by atoms with Gasteiger partial charge in [0, 0.05) is 25.3 Å². The van der Waals surface area contributed by atoms with Crippen molar-refractivity contribution in [1.82, 2.24) is 4.90 Å². The molecule has 0 spiro atoms. The maximum Gasteiger partial charge on any atom is 0.330 e. The van der Waals surface area contributed by atoms with E-state index in [4.69, 9.17) is 9.16 Å². The Hall–Kier alpha value is -2.21. The molecule has 0 heterocycles. The number of nitrogens with zero attached hydrogens (tertiary/aromatic N) is 1. The summed E-state index contributed by atoms with van der Waals surface area (Å²) in [5.74, 6) is -0.324. The number of esters is 1. The number of ether oxygens (including phenoxy) is 1. The first-order valence-electron chi connectivity index (χ1n) is 12.9. The summed E-state index contributed by atoms with van der Waals surface area (Å²) >= 11 is 0. The number of hydrogen-bond acceptors (Lipinski definition) is 4. The minimum Gasteiger partial charge on any atom is -0.466 e. The molecule has 2 aromatic rings. The SMILES string of the molecule is COC(=O)/C=C/c1ccc2c(c1)CCC2N(CCCc1ccccc1)CCO[Si](C)(C)C(C)(C)C. The fourth-order valence-corrected chi connectivity index (χ4v) is 5.55. The zero-order chi connectivity index (χ0) is 25.5. The number of hydrogen-bond donors (Lipinski definition) is 0. The molecule has 0 aromatic heterocycles. The minimum atomic E-state index is -1.77. The van der Waals surface area contributed by atoms with Crippen molar-refractivity contribution < 1.29 is 14.0 Å². The van der Waals surface area contributed by atoms with E-state index >= 15 is 0 Å². The van der Waals surface area contributed by atoms with E-state index in [0.717, 1.165) is 50.9 Å². The molecule has 0 fully saturated rings. The van der Waals surface area contributed by atoms with Crippen LogP contribution in [0.5, 0.6) is 0 Å². The number of fused-ring (bicyclic) bond motifs is 1. The van der Waals surface area contributed by atoms with E-state index in [9.17, 15) is 4.79 Å². The predicted molar refractivity (Wildman–Crippen MR) is 148 cm³/mol. The summed E-state index contributed by atoms with van der Waals surface area (Å²) in [4.78, 5) is 14.1. The van der Waals surface area contributed by atoms with Gasteiger partial charge in [-0.3, -0.25) is 4.90 Å². The third-order valence-electron chi connectivity index (χ3n) is 7.67. The van der Waals surface area contributed by atoms with E-state index in [1.807, 2.05) is 6.08 Å². The van der Waals surface area contributed by atoms with Crippen LogP contribution in [-0.4, -0.2) is 46.0 Å². The van der Waals surface area contributed by atoms with E-state index in [-0.39, 0.29) is 11.0 Å². The Balaban J connectivity index is 1.71. The van der Waals surface area contributed by atoms with Crippen LogP contribution in [0.2, 0.25) is 18.1 Å². The van der Waals surface area contributed by atoms with Crippen LogP contribution in [0, 0.1) is 0 Å². The van der Waals surface area contributed by atoms with E-state index in [1.165, 1.54) is 29.9 Å². The Bertz CT molecular complexity index is 994. The van der Waals surface area contributed by atoms with Crippen LogP contribution in [0.4, 0.5) is 0 Å². The molecule has 4 nitrogen and oxygen atoms in total. The fourth-order valence-electron chi connectivity index (χ4n) is 4.52. The Kier molecular flexibility index (Phi) is 9.51. The highest BCUT2D eigenvalue weighted by Gasteiger charge is 2.37. The number of benzene rings is 2. The van der Waals surface area contributed by atoms with Gasteiger partial charge in [-0.15, -0.1) is 0 Å². The molecule has 1 aliphatic carbocycles. The summed E-state index contributed by atoms with van der Waals surface area (Å²) in [7, 11) is -0.364. The Morgan fingerprint density at radius 3 is 2.54 bits per heavy atom. The molecule has 1 aliphatic rings. The van der Waals surface area contributed by atoms with E-state index in [0.29, 0.717) is 6.04 Å². The van der Waals surface area contributed by atoms with Gasteiger partial charge < -0.3 is 9.16 Å². The molecule has 1 atom stereocenters. The summed E-state index contributed by atoms with van der Waals surface area (Å²) in [6.07, 6.45) is 7.75. The van der Waals surface area contributed by atoms with Gasteiger partial charge in [0.15, 0.2) is 8.32 Å². The minimum absolute atomic E-state index is 0.221. The molecule has 0 bridgehead atoms. The topological polar surface area (TPSA) is 38.8 Å². The van der Waals surface area contributed by atoms with Crippen molar-refractivity contribution >= 4 is 20.4 Å². The first-order chi connectivity index (χ1) is 16.6. The summed E-state index contributed by atoms with van der Waals surface area (Å²) in [5, 5.41) is 0.221. The Labute approximate surface area is 213 Å². The van der Waals surface area contributed by atoms with Gasteiger partial charge in [0.25, 0.3) is 0 Å². The number of carbonyl (C=O) groups excluding carboxylic acids is 1. The van der Waals surface area contributed by atoms with Gasteiger partial charge in [0.1, 0.15) is 0 Å². The van der Waals surface area contributed by atoms with Crippen LogP contribution in [0.15, 0.2) is 54.6 Å². The van der Waals surface area contributed by atoms with Crippen molar-refractivity contribution in [3.05, 3.63) is 76.9 Å². The average Bonchev–Trinajstić information content (AvgIpc) is 3.24. The third-order valence-corrected chi connectivity index (χ3v) is 12.2. The number of carbonyl (C=O) groups is 1. The summed E-state index contributed by atoms with van der Waals surface area (Å²) in [6.45, 7) is 14.4. The highest BCUT2D eigenvalue weighted by atomic mass is 28.4. The monoisotopic (exact) mass is 493 g/mol. The van der Waals surface area contributed by atoms with Gasteiger partial charge >= 0.3 is 5.97 Å². The van der Waals surface area contributed by atoms with Crippen molar-refractivity contribution in [2.75, 3.05) is 26.8 Å². The number of aryl methyl sites for hydroxylation is 2. The summed E-state index contributed by atoms with van der Waals surface area (Å²) < 4.78 is 11.3. The summed E-state index contributed by atoms with van der Waals surface area (Å²) in [5.41, 5.74) is 5.26. The van der Waals surface area contributed by atoms with Gasteiger partial charge in [-0.1, -0.05) is 69.3 Å². The second-order valence-corrected chi connectivity index (χ2v) is 15.9. The average molecular weight is 494 g/mol. The molecule has 2 aromatic carbocycles. The van der Waals surface area contributed by atoms with E-state index in [2.05, 4.69) is 87.3 Å². The van der Waals surface area contributed by atoms with Gasteiger partial charge in [0.2, 0.25) is 0 Å². The number of methoxy groups -OCH3 is 1. The molecule has 0 saturated carbocycles. The van der Waals surface area contributed by atoms with Crippen molar-refractivity contribution in [1.29, 1.82) is 0 Å². The van der Waals surface area contributed by atoms with Gasteiger partial charge in [-0.05, 0) is 78.7 Å². The lowest BCUT2D eigenvalue weighted by Crippen LogP contribution is -2.43. The molecule has 0 radical (unpaired) electrons. The lowest BCUT2D eigenvalue weighted by atomic mass is 10.0. The van der Waals surface area contributed by atoms with Crippen molar-refractivity contribution in [3.63, 3.8) is 0 Å². The molecule has 190 valence electrons. The second kappa shape index (κ2) is 12.2. The van der Waals surface area contributed by atoms with E-state index in [1.54, 1.807) is 0 Å². The Morgan fingerprint density at radius 2 is 1.86 bits per heavy atom. The molecule has 3 rings (SSSR count). The highest BCUT2D eigenvalue weighted by molar-refractivity contribution is 6.74. The maximum atomic E-state index is 11.5. The van der Waals surface area contributed by atoms with Crippen molar-refractivity contribution in [3.8, 4) is 0 Å². The molecular weight excluding hydrogens is 450 g/mol. The molecule has 5 heteroatoms. The van der Waals surface area contributed by atoms with Crippen LogP contribution in [-0.2, 0) is 26.8 Å². The molecule has 1 unspecified atom stereocenters. The Morgan fingerprint density at radius 1 is 1.11 bits per heavy atom. The normalized spacial score (nSPS) is 16.1. The predicted octanol–water partition coefficient (Wildman–Crippen LogP) is 6.82. The summed E-state index contributed by atoms with van der Waals surface area (Å²) in [6, 6.07) is 17.8. The first-order valence-corrected chi connectivity index (χ1v) is 15.8. The maximum absolute atomic E-state index is 11.5. The third kappa shape index (κ3) is 7.63. The standard InChI is InChI=1S/C30H43NO3Si/c1-30(2,3)35(5,6)34-22-21-31(20-10-13-24-11-8-7-9-12-24)28-18-16-26-23-25(14-17-27(26)28)15-19-29(32)33-4/h7-9,11-12,14-15,17,19,23,28H,10,13,16,18,20-22H2,1-6H3/b19-15+. The largest absolute Gasteiger partial charge is 0.466 e. The van der Waals surface area contributed by atoms with Crippen LogP contribution >= 0.6 is 0 Å². The molecule has 0 N–H and O–H groups in total. The van der Waals surface area contributed by atoms with E-state index < -0.39 is 8.32 Å². The lowest BCUT2D eigenvalue weighted by Gasteiger charge is -2.37. The fraction of sp³-hybridized carbons (Fsp3) is 0.500. The lowest BCUT2D eigenvalue weighted by molar-refractivity contribution is -0.134. The van der Waals surface area contributed by atoms with Crippen molar-refractivity contribution in [2.45, 2.75) is 70.6 Å². The zero-order valence-corrected chi connectivity index (χ0v) is 23.5. The van der Waals surface area contributed by atoms with Crippen LogP contribution in [0.3, 0.4) is 0 Å². The van der Waals surface area contributed by atoms with Crippen molar-refractivity contribution in [2.24, 2.45) is 0 Å². The van der Waals surface area contributed by atoms with Crippen LogP contribution in [0.1, 0.15) is 61.9 Å². The van der Waals surface area contributed by atoms with Gasteiger partial charge in [-0.25, -0.2) is 4.79 Å². The quantitative estimate of drug-likeness (QED) is 0.196. The van der Waals surface area contributed by atoms with Crippen LogP contribution in [0.25, 0.3) is 6.08 Å². The van der Waals surface area contributed by atoms with Crippen LogP contribution < -0.4 is 0 Å². The smallest absolute Gasteiger partial charge is 0.330 e. The zero-order valence-electron chi connectivity index (χ0n) is 22.5. The molecule has 0 aliphatic heterocycles. The second-order valence-electron chi connectivity index (χ2n) is 11.1. The molecule has 0 amide bonds.